The fourth-order valence-electron chi connectivity index (χ4n) is 1.73. The molecule has 2 N–H and O–H groups in total. The number of hydrogen-bond donors (Lipinski definition) is 2. The Morgan fingerprint density at radius 2 is 2.00 bits per heavy atom. The van der Waals surface area contributed by atoms with Crippen LogP contribution in [0.25, 0.3) is 0 Å². The van der Waals surface area contributed by atoms with Gasteiger partial charge in [-0.25, -0.2) is 0 Å². The second-order valence-electron chi connectivity index (χ2n) is 4.55. The van der Waals surface area contributed by atoms with Crippen molar-refractivity contribution in [3.8, 4) is 0 Å². The molecule has 0 spiro atoms. The molecule has 20 heavy (non-hydrogen) atoms. The molecule has 5 nitrogen and oxygen atoms in total. The van der Waals surface area contributed by atoms with E-state index in [1.54, 1.807) is 18.2 Å². The van der Waals surface area contributed by atoms with Gasteiger partial charge in [0.25, 0.3) is 5.91 Å². The van der Waals surface area contributed by atoms with Gasteiger partial charge in [-0.3, -0.25) is 19.8 Å². The van der Waals surface area contributed by atoms with E-state index in [1.807, 2.05) is 25.1 Å². The van der Waals surface area contributed by atoms with Crippen LogP contribution in [0.1, 0.15) is 16.8 Å². The second kappa shape index (κ2) is 8.84. The number of imide groups is 1. The molecule has 0 atom stereocenters. The van der Waals surface area contributed by atoms with Gasteiger partial charge in [-0.05, 0) is 61.7 Å². The summed E-state index contributed by atoms with van der Waals surface area (Å²) < 4.78 is 0.674. The van der Waals surface area contributed by atoms with Crippen LogP contribution in [0.2, 0.25) is 0 Å². The van der Waals surface area contributed by atoms with Crippen LogP contribution in [0, 0.1) is 0 Å². The molecule has 1 aromatic carbocycles. The first-order chi connectivity index (χ1) is 9.54. The summed E-state index contributed by atoms with van der Waals surface area (Å²) in [6, 6.07) is 7.01. The standard InChI is InChI=1S/C14H20BrN3O2/c1-16-8-5-9-18(2)10-13(19)17-14(20)11-6-3-4-7-12(11)15/h3-4,6-7,16H,5,8-10H2,1-2H3,(H,17,19,20). The van der Waals surface area contributed by atoms with Crippen molar-refractivity contribution in [1.82, 2.24) is 15.5 Å². The lowest BCUT2D eigenvalue weighted by Crippen LogP contribution is -2.39. The molecule has 0 radical (unpaired) electrons. The highest BCUT2D eigenvalue weighted by Crippen LogP contribution is 2.15. The zero-order valence-electron chi connectivity index (χ0n) is 11.8. The van der Waals surface area contributed by atoms with Gasteiger partial charge in [0.2, 0.25) is 5.91 Å². The molecule has 1 rings (SSSR count). The maximum atomic E-state index is 11.9. The van der Waals surface area contributed by atoms with Gasteiger partial charge < -0.3 is 5.32 Å². The van der Waals surface area contributed by atoms with Gasteiger partial charge in [0.05, 0.1) is 12.1 Å². The lowest BCUT2D eigenvalue weighted by atomic mass is 10.2. The summed E-state index contributed by atoms with van der Waals surface area (Å²) in [5.41, 5.74) is 0.457. The Labute approximate surface area is 127 Å². The van der Waals surface area contributed by atoms with E-state index in [0.29, 0.717) is 10.0 Å². The molecule has 0 bridgehead atoms. The van der Waals surface area contributed by atoms with Gasteiger partial charge >= 0.3 is 0 Å². The molecule has 0 saturated carbocycles. The van der Waals surface area contributed by atoms with Gasteiger partial charge in [-0.2, -0.15) is 0 Å². The molecule has 0 aliphatic heterocycles. The van der Waals surface area contributed by atoms with E-state index in [9.17, 15) is 9.59 Å². The van der Waals surface area contributed by atoms with Crippen molar-refractivity contribution in [3.63, 3.8) is 0 Å². The quantitative estimate of drug-likeness (QED) is 0.732. The van der Waals surface area contributed by atoms with E-state index in [-0.39, 0.29) is 18.4 Å². The van der Waals surface area contributed by atoms with Gasteiger partial charge in [0.1, 0.15) is 0 Å². The van der Waals surface area contributed by atoms with Crippen LogP contribution in [0.15, 0.2) is 28.7 Å². The van der Waals surface area contributed by atoms with Crippen LogP contribution >= 0.6 is 15.9 Å². The fraction of sp³-hybridized carbons (Fsp3) is 0.429. The van der Waals surface area contributed by atoms with Crippen molar-refractivity contribution in [2.75, 3.05) is 33.7 Å². The van der Waals surface area contributed by atoms with Crippen LogP contribution in [0.4, 0.5) is 0 Å². The number of halogens is 1. The predicted octanol–water partition coefficient (Wildman–Crippen LogP) is 1.25. The van der Waals surface area contributed by atoms with Crippen molar-refractivity contribution < 1.29 is 9.59 Å². The fourth-order valence-corrected chi connectivity index (χ4v) is 2.19. The van der Waals surface area contributed by atoms with Crippen LogP contribution < -0.4 is 10.6 Å². The number of benzene rings is 1. The number of carbonyl (C=O) groups is 2. The van der Waals surface area contributed by atoms with Crippen molar-refractivity contribution in [2.45, 2.75) is 6.42 Å². The first-order valence-corrected chi connectivity index (χ1v) is 7.25. The van der Waals surface area contributed by atoms with Gasteiger partial charge in [-0.15, -0.1) is 0 Å². The normalized spacial score (nSPS) is 10.6. The average molecular weight is 342 g/mol. The molecule has 0 fully saturated rings. The molecule has 0 aliphatic carbocycles. The Balaban J connectivity index is 2.42. The minimum absolute atomic E-state index is 0.208. The molecule has 2 amide bonds. The highest BCUT2D eigenvalue weighted by Gasteiger charge is 2.14. The third-order valence-electron chi connectivity index (χ3n) is 2.75. The first-order valence-electron chi connectivity index (χ1n) is 6.46. The topological polar surface area (TPSA) is 61.4 Å². The summed E-state index contributed by atoms with van der Waals surface area (Å²) in [7, 11) is 3.75. The predicted molar refractivity (Wildman–Crippen MR) is 82.7 cm³/mol. The van der Waals surface area contributed by atoms with Crippen LogP contribution in [-0.4, -0.2) is 50.4 Å². The minimum atomic E-state index is -0.383. The Morgan fingerprint density at radius 3 is 2.65 bits per heavy atom. The van der Waals surface area contributed by atoms with E-state index in [0.717, 1.165) is 19.5 Å². The van der Waals surface area contributed by atoms with E-state index >= 15 is 0 Å². The van der Waals surface area contributed by atoms with Crippen molar-refractivity contribution in [3.05, 3.63) is 34.3 Å². The van der Waals surface area contributed by atoms with Crippen molar-refractivity contribution in [1.29, 1.82) is 0 Å². The molecule has 1 aromatic rings. The number of nitrogens with one attached hydrogen (secondary N) is 2. The summed E-state index contributed by atoms with van der Waals surface area (Å²) in [4.78, 5) is 25.6. The number of likely N-dealkylation sites (N-methyl/N-ethyl adjacent to an activating group) is 1. The van der Waals surface area contributed by atoms with E-state index in [4.69, 9.17) is 0 Å². The van der Waals surface area contributed by atoms with Crippen molar-refractivity contribution in [2.24, 2.45) is 0 Å². The highest BCUT2D eigenvalue weighted by atomic mass is 79.9. The van der Waals surface area contributed by atoms with Gasteiger partial charge in [-0.1, -0.05) is 12.1 Å². The summed E-state index contributed by atoms with van der Waals surface area (Å²) in [6.07, 6.45) is 0.957. The number of carbonyl (C=O) groups excluding carboxylic acids is 2. The molecular weight excluding hydrogens is 322 g/mol. The number of amides is 2. The largest absolute Gasteiger partial charge is 0.320 e. The molecular formula is C14H20BrN3O2. The Morgan fingerprint density at radius 1 is 1.30 bits per heavy atom. The molecule has 0 aliphatic rings. The minimum Gasteiger partial charge on any atom is -0.320 e. The molecule has 0 unspecified atom stereocenters. The smallest absolute Gasteiger partial charge is 0.259 e. The summed E-state index contributed by atoms with van der Waals surface area (Å²) in [5, 5.41) is 5.44. The van der Waals surface area contributed by atoms with E-state index in [2.05, 4.69) is 26.6 Å². The SMILES string of the molecule is CNCCCN(C)CC(=O)NC(=O)c1ccccc1Br. The number of nitrogens with zero attached hydrogens (tertiary/aromatic N) is 1. The Hall–Kier alpha value is -1.24. The van der Waals surface area contributed by atoms with Crippen LogP contribution in [0.3, 0.4) is 0 Å². The molecule has 110 valence electrons. The van der Waals surface area contributed by atoms with Crippen molar-refractivity contribution >= 4 is 27.7 Å². The zero-order valence-corrected chi connectivity index (χ0v) is 13.4. The van der Waals surface area contributed by atoms with Gasteiger partial charge in [0, 0.05) is 4.47 Å². The van der Waals surface area contributed by atoms with Gasteiger partial charge in [0.15, 0.2) is 0 Å². The Kier molecular flexibility index (Phi) is 7.43. The summed E-state index contributed by atoms with van der Waals surface area (Å²) >= 11 is 3.29. The molecule has 0 saturated heterocycles. The number of hydrogen-bond acceptors (Lipinski definition) is 4. The maximum Gasteiger partial charge on any atom is 0.259 e. The lowest BCUT2D eigenvalue weighted by Gasteiger charge is -2.15. The first kappa shape index (κ1) is 16.8. The maximum absolute atomic E-state index is 11.9. The average Bonchev–Trinajstić information content (AvgIpc) is 2.39. The van der Waals surface area contributed by atoms with E-state index in [1.165, 1.54) is 0 Å². The molecule has 6 heteroatoms. The Bertz CT molecular complexity index is 465. The number of rotatable bonds is 7. The summed E-state index contributed by atoms with van der Waals surface area (Å²) in [5.74, 6) is -0.677. The summed E-state index contributed by atoms with van der Waals surface area (Å²) in [6.45, 7) is 1.92. The highest BCUT2D eigenvalue weighted by molar-refractivity contribution is 9.10. The third kappa shape index (κ3) is 5.81. The monoisotopic (exact) mass is 341 g/mol. The lowest BCUT2D eigenvalue weighted by molar-refractivity contribution is -0.121. The molecule has 0 aromatic heterocycles. The van der Waals surface area contributed by atoms with E-state index < -0.39 is 0 Å². The third-order valence-corrected chi connectivity index (χ3v) is 3.44. The zero-order chi connectivity index (χ0) is 15.0. The second-order valence-corrected chi connectivity index (χ2v) is 5.41. The van der Waals surface area contributed by atoms with Crippen LogP contribution in [0.5, 0.6) is 0 Å². The van der Waals surface area contributed by atoms with Crippen LogP contribution in [-0.2, 0) is 4.79 Å². The molecule has 0 heterocycles.